The van der Waals surface area contributed by atoms with E-state index in [0.29, 0.717) is 0 Å². The maximum Gasteiger partial charge on any atom is 0.250 e. The molecular formula is C10H11NO3. The molecule has 0 fully saturated rings. The average molecular weight is 193 g/mol. The Labute approximate surface area is 81.6 Å². The number of imide groups is 1. The number of amides is 2. The molecule has 0 saturated carbocycles. The molecule has 1 aromatic rings. The number of carbonyl (C=O) groups is 2. The lowest BCUT2D eigenvalue weighted by Crippen LogP contribution is -2.19. The number of aryl methyl sites for hydroxylation is 2. The molecule has 2 heterocycles. The fraction of sp³-hybridized carbons (Fsp3) is 0.200. The van der Waals surface area contributed by atoms with Crippen LogP contribution >= 0.6 is 0 Å². The Balaban J connectivity index is 0.000000140. The molecule has 2 amide bonds. The predicted octanol–water partition coefficient (Wildman–Crippen LogP) is 1.10. The molecule has 4 nitrogen and oxygen atoms in total. The van der Waals surface area contributed by atoms with Crippen LogP contribution in [0.1, 0.15) is 11.5 Å². The largest absolute Gasteiger partial charge is 0.467 e. The zero-order valence-corrected chi connectivity index (χ0v) is 8.03. The topological polar surface area (TPSA) is 59.3 Å². The van der Waals surface area contributed by atoms with Gasteiger partial charge < -0.3 is 4.42 Å². The van der Waals surface area contributed by atoms with Crippen molar-refractivity contribution in [3.05, 3.63) is 35.8 Å². The summed E-state index contributed by atoms with van der Waals surface area (Å²) in [7, 11) is 0. The number of hydrogen-bond acceptors (Lipinski definition) is 3. The minimum absolute atomic E-state index is 0.329. The average Bonchev–Trinajstić information content (AvgIpc) is 2.63. The molecule has 0 bridgehead atoms. The zero-order chi connectivity index (χ0) is 10.6. The van der Waals surface area contributed by atoms with Crippen LogP contribution in [0, 0.1) is 13.8 Å². The highest BCUT2D eigenvalue weighted by atomic mass is 16.3. The van der Waals surface area contributed by atoms with E-state index in [1.54, 1.807) is 0 Å². The molecule has 2 rings (SSSR count). The van der Waals surface area contributed by atoms with Gasteiger partial charge in [-0.05, 0) is 26.0 Å². The van der Waals surface area contributed by atoms with Crippen molar-refractivity contribution in [2.75, 3.05) is 0 Å². The number of nitrogens with one attached hydrogen (secondary N) is 1. The molecule has 1 aliphatic heterocycles. The van der Waals surface area contributed by atoms with Crippen LogP contribution in [0.5, 0.6) is 0 Å². The lowest BCUT2D eigenvalue weighted by Gasteiger charge is -1.80. The van der Waals surface area contributed by atoms with Crippen molar-refractivity contribution in [1.29, 1.82) is 0 Å². The van der Waals surface area contributed by atoms with E-state index in [9.17, 15) is 9.59 Å². The second-order valence-corrected chi connectivity index (χ2v) is 2.84. The van der Waals surface area contributed by atoms with Crippen molar-refractivity contribution in [1.82, 2.24) is 5.32 Å². The molecule has 0 aromatic carbocycles. The maximum absolute atomic E-state index is 10.0. The highest BCUT2D eigenvalue weighted by Crippen LogP contribution is 2.02. The van der Waals surface area contributed by atoms with E-state index in [2.05, 4.69) is 0 Å². The van der Waals surface area contributed by atoms with Crippen LogP contribution < -0.4 is 5.32 Å². The van der Waals surface area contributed by atoms with Gasteiger partial charge in [-0.25, -0.2) is 0 Å². The van der Waals surface area contributed by atoms with Crippen LogP contribution in [0.15, 0.2) is 28.7 Å². The van der Waals surface area contributed by atoms with Crippen molar-refractivity contribution in [2.24, 2.45) is 0 Å². The third-order valence-electron chi connectivity index (χ3n) is 1.51. The van der Waals surface area contributed by atoms with Crippen LogP contribution in [-0.2, 0) is 9.59 Å². The van der Waals surface area contributed by atoms with E-state index >= 15 is 0 Å². The second-order valence-electron chi connectivity index (χ2n) is 2.84. The molecule has 4 heteroatoms. The molecule has 0 radical (unpaired) electrons. The molecule has 74 valence electrons. The monoisotopic (exact) mass is 193 g/mol. The molecule has 14 heavy (non-hydrogen) atoms. The minimum atomic E-state index is -0.329. The van der Waals surface area contributed by atoms with Crippen molar-refractivity contribution < 1.29 is 14.0 Å². The van der Waals surface area contributed by atoms with Crippen LogP contribution in [0.3, 0.4) is 0 Å². The molecule has 0 unspecified atom stereocenters. The van der Waals surface area contributed by atoms with Gasteiger partial charge in [0.2, 0.25) is 0 Å². The summed E-state index contributed by atoms with van der Waals surface area (Å²) in [4.78, 5) is 20.1. The first-order chi connectivity index (χ1) is 6.58. The Morgan fingerprint density at radius 2 is 1.43 bits per heavy atom. The molecule has 0 aliphatic carbocycles. The van der Waals surface area contributed by atoms with Gasteiger partial charge in [-0.3, -0.25) is 14.9 Å². The Bertz CT molecular complexity index is 344. The SMILES string of the molecule is Cc1ccc(C)o1.O=C1C=CC(=O)N1. The standard InChI is InChI=1S/C6H8O.C4H3NO2/c1-5-3-4-6(2)7-5;6-3-1-2-4(7)5-3/h3-4H,1-2H3;1-2H,(H,5,6,7). The number of hydrogen-bond donors (Lipinski definition) is 1. The van der Waals surface area contributed by atoms with E-state index in [4.69, 9.17) is 4.42 Å². The quantitative estimate of drug-likeness (QED) is 0.627. The highest BCUT2D eigenvalue weighted by Gasteiger charge is 2.06. The van der Waals surface area contributed by atoms with Crippen molar-refractivity contribution >= 4 is 11.8 Å². The van der Waals surface area contributed by atoms with Gasteiger partial charge in [0, 0.05) is 12.2 Å². The van der Waals surface area contributed by atoms with E-state index in [1.165, 1.54) is 12.2 Å². The summed E-state index contributed by atoms with van der Waals surface area (Å²) in [6.45, 7) is 3.88. The Morgan fingerprint density at radius 1 is 1.00 bits per heavy atom. The Kier molecular flexibility index (Phi) is 3.23. The van der Waals surface area contributed by atoms with Crippen molar-refractivity contribution in [3.8, 4) is 0 Å². The van der Waals surface area contributed by atoms with Gasteiger partial charge in [-0.2, -0.15) is 0 Å². The number of furan rings is 1. The van der Waals surface area contributed by atoms with E-state index in [-0.39, 0.29) is 11.8 Å². The molecule has 0 spiro atoms. The summed E-state index contributed by atoms with van der Waals surface area (Å²) in [6.07, 6.45) is 2.39. The first-order valence-electron chi connectivity index (χ1n) is 4.14. The second kappa shape index (κ2) is 4.41. The first kappa shape index (κ1) is 10.2. The molecule has 1 aliphatic rings. The van der Waals surface area contributed by atoms with Gasteiger partial charge in [0.1, 0.15) is 11.5 Å². The van der Waals surface area contributed by atoms with Gasteiger partial charge in [-0.15, -0.1) is 0 Å². The lowest BCUT2D eigenvalue weighted by atomic mass is 10.5. The van der Waals surface area contributed by atoms with Crippen LogP contribution in [0.4, 0.5) is 0 Å². The van der Waals surface area contributed by atoms with Gasteiger partial charge in [0.05, 0.1) is 0 Å². The van der Waals surface area contributed by atoms with E-state index in [1.807, 2.05) is 31.3 Å². The minimum Gasteiger partial charge on any atom is -0.467 e. The maximum atomic E-state index is 10.0. The number of rotatable bonds is 0. The Morgan fingerprint density at radius 3 is 1.57 bits per heavy atom. The molecule has 0 saturated heterocycles. The predicted molar refractivity (Wildman–Crippen MR) is 50.5 cm³/mol. The summed E-state index contributed by atoms with van der Waals surface area (Å²) in [5.74, 6) is 1.31. The third kappa shape index (κ3) is 3.26. The molecular weight excluding hydrogens is 182 g/mol. The number of carbonyl (C=O) groups excluding carboxylic acids is 2. The van der Waals surface area contributed by atoms with Gasteiger partial charge in [0.25, 0.3) is 11.8 Å². The molecule has 1 N–H and O–H groups in total. The fourth-order valence-electron chi connectivity index (χ4n) is 0.913. The summed E-state index contributed by atoms with van der Waals surface area (Å²) in [6, 6.07) is 3.91. The lowest BCUT2D eigenvalue weighted by molar-refractivity contribution is -0.123. The fourth-order valence-corrected chi connectivity index (χ4v) is 0.913. The summed E-state index contributed by atoms with van der Waals surface area (Å²) in [5, 5.41) is 2.03. The van der Waals surface area contributed by atoms with E-state index in [0.717, 1.165) is 11.5 Å². The first-order valence-corrected chi connectivity index (χ1v) is 4.14. The molecule has 1 aromatic heterocycles. The van der Waals surface area contributed by atoms with Gasteiger partial charge in [-0.1, -0.05) is 0 Å². The summed E-state index contributed by atoms with van der Waals surface area (Å²) in [5.41, 5.74) is 0. The van der Waals surface area contributed by atoms with Gasteiger partial charge in [0.15, 0.2) is 0 Å². The van der Waals surface area contributed by atoms with Crippen LogP contribution in [0.2, 0.25) is 0 Å². The zero-order valence-electron chi connectivity index (χ0n) is 8.03. The van der Waals surface area contributed by atoms with Crippen molar-refractivity contribution in [3.63, 3.8) is 0 Å². The van der Waals surface area contributed by atoms with E-state index < -0.39 is 0 Å². The van der Waals surface area contributed by atoms with Crippen LogP contribution in [-0.4, -0.2) is 11.8 Å². The smallest absolute Gasteiger partial charge is 0.250 e. The summed E-state index contributed by atoms with van der Waals surface area (Å²) < 4.78 is 5.08. The highest BCUT2D eigenvalue weighted by molar-refractivity contribution is 6.12. The normalized spacial score (nSPS) is 13.6. The van der Waals surface area contributed by atoms with Crippen molar-refractivity contribution in [2.45, 2.75) is 13.8 Å². The Hall–Kier alpha value is -1.84. The molecule has 0 atom stereocenters. The summed E-state index contributed by atoms with van der Waals surface area (Å²) >= 11 is 0. The third-order valence-corrected chi connectivity index (χ3v) is 1.51. The van der Waals surface area contributed by atoms with Crippen LogP contribution in [0.25, 0.3) is 0 Å². The van der Waals surface area contributed by atoms with Gasteiger partial charge >= 0.3 is 0 Å².